The van der Waals surface area contributed by atoms with Gasteiger partial charge in [0.15, 0.2) is 5.78 Å². The summed E-state index contributed by atoms with van der Waals surface area (Å²) in [5, 5.41) is 0. The normalized spacial score (nSPS) is 10.7. The molecule has 0 atom stereocenters. The number of carbonyl (C=O) groups excluding carboxylic acids is 1. The fourth-order valence-corrected chi connectivity index (χ4v) is 1.53. The third-order valence-corrected chi connectivity index (χ3v) is 2.48. The van der Waals surface area contributed by atoms with Crippen LogP contribution in [0.5, 0.6) is 0 Å². The Hall–Kier alpha value is -1.09. The molecule has 0 N–H and O–H groups in total. The highest BCUT2D eigenvalue weighted by Gasteiger charge is 2.05. The molecular formula is C12H14BrNO. The van der Waals surface area contributed by atoms with Gasteiger partial charge in [-0.2, -0.15) is 0 Å². The number of aryl methyl sites for hydroxylation is 1. The van der Waals surface area contributed by atoms with Gasteiger partial charge in [0.2, 0.25) is 0 Å². The highest BCUT2D eigenvalue weighted by Crippen LogP contribution is 2.16. The summed E-state index contributed by atoms with van der Waals surface area (Å²) in [6.07, 6.45) is 3.33. The first-order valence-electron chi connectivity index (χ1n) is 4.66. The molecule has 2 nitrogen and oxygen atoms in total. The lowest BCUT2D eigenvalue weighted by molar-refractivity contribution is 0.104. The molecule has 15 heavy (non-hydrogen) atoms. The topological polar surface area (TPSA) is 20.3 Å². The average molecular weight is 268 g/mol. The average Bonchev–Trinajstić information content (AvgIpc) is 2.18. The minimum atomic E-state index is 0.0301. The summed E-state index contributed by atoms with van der Waals surface area (Å²) in [6.45, 7) is 1.93. The lowest BCUT2D eigenvalue weighted by atomic mass is 10.1. The van der Waals surface area contributed by atoms with Crippen molar-refractivity contribution in [1.29, 1.82) is 0 Å². The SMILES string of the molecule is Cc1ccc(Br)cc1C(=O)/C=C/N(C)C. The van der Waals surface area contributed by atoms with Crippen LogP contribution in [0, 0.1) is 6.92 Å². The summed E-state index contributed by atoms with van der Waals surface area (Å²) in [7, 11) is 3.77. The Morgan fingerprint density at radius 1 is 1.40 bits per heavy atom. The number of carbonyl (C=O) groups is 1. The number of hydrogen-bond donors (Lipinski definition) is 0. The Morgan fingerprint density at radius 2 is 2.07 bits per heavy atom. The van der Waals surface area contributed by atoms with E-state index in [9.17, 15) is 4.79 Å². The number of ketones is 1. The zero-order valence-corrected chi connectivity index (χ0v) is 10.7. The molecule has 0 saturated carbocycles. The van der Waals surface area contributed by atoms with Crippen LogP contribution in [-0.4, -0.2) is 24.8 Å². The minimum absolute atomic E-state index is 0.0301. The molecule has 0 spiro atoms. The zero-order valence-electron chi connectivity index (χ0n) is 9.12. The van der Waals surface area contributed by atoms with Crippen LogP contribution < -0.4 is 0 Å². The Morgan fingerprint density at radius 3 is 2.67 bits per heavy atom. The fourth-order valence-electron chi connectivity index (χ4n) is 1.17. The van der Waals surface area contributed by atoms with Gasteiger partial charge in [0.05, 0.1) is 0 Å². The zero-order chi connectivity index (χ0) is 11.4. The van der Waals surface area contributed by atoms with Crippen LogP contribution in [-0.2, 0) is 0 Å². The molecule has 0 saturated heterocycles. The molecule has 0 aliphatic heterocycles. The molecule has 3 heteroatoms. The molecule has 1 aromatic carbocycles. The smallest absolute Gasteiger partial charge is 0.187 e. The van der Waals surface area contributed by atoms with Crippen molar-refractivity contribution in [3.05, 3.63) is 46.1 Å². The van der Waals surface area contributed by atoms with E-state index in [1.54, 1.807) is 12.3 Å². The maximum atomic E-state index is 11.8. The van der Waals surface area contributed by atoms with Crippen molar-refractivity contribution in [3.8, 4) is 0 Å². The van der Waals surface area contributed by atoms with Gasteiger partial charge in [0.1, 0.15) is 0 Å². The van der Waals surface area contributed by atoms with E-state index in [-0.39, 0.29) is 5.78 Å². The summed E-state index contributed by atoms with van der Waals surface area (Å²) in [5.41, 5.74) is 1.73. The maximum absolute atomic E-state index is 11.8. The Labute approximate surface area is 98.7 Å². The van der Waals surface area contributed by atoms with Crippen molar-refractivity contribution in [1.82, 2.24) is 4.90 Å². The van der Waals surface area contributed by atoms with Gasteiger partial charge in [-0.3, -0.25) is 4.79 Å². The largest absolute Gasteiger partial charge is 0.383 e. The monoisotopic (exact) mass is 267 g/mol. The van der Waals surface area contributed by atoms with E-state index in [0.717, 1.165) is 15.6 Å². The van der Waals surface area contributed by atoms with Gasteiger partial charge < -0.3 is 4.90 Å². The Bertz CT molecular complexity index is 397. The van der Waals surface area contributed by atoms with Crippen molar-refractivity contribution < 1.29 is 4.79 Å². The number of rotatable bonds is 3. The van der Waals surface area contributed by atoms with Crippen LogP contribution >= 0.6 is 15.9 Å². The van der Waals surface area contributed by atoms with Gasteiger partial charge in [0.25, 0.3) is 0 Å². The van der Waals surface area contributed by atoms with Gasteiger partial charge in [-0.25, -0.2) is 0 Å². The second-order valence-corrected chi connectivity index (χ2v) is 4.52. The maximum Gasteiger partial charge on any atom is 0.187 e. The van der Waals surface area contributed by atoms with Crippen molar-refractivity contribution in [2.24, 2.45) is 0 Å². The second kappa shape index (κ2) is 5.12. The van der Waals surface area contributed by atoms with E-state index >= 15 is 0 Å². The van der Waals surface area contributed by atoms with Crippen LogP contribution in [0.15, 0.2) is 34.9 Å². The van der Waals surface area contributed by atoms with Gasteiger partial charge >= 0.3 is 0 Å². The first-order chi connectivity index (χ1) is 7.00. The summed E-state index contributed by atoms with van der Waals surface area (Å²) in [5.74, 6) is 0.0301. The van der Waals surface area contributed by atoms with E-state index in [1.165, 1.54) is 0 Å². The highest BCUT2D eigenvalue weighted by molar-refractivity contribution is 9.10. The molecule has 0 radical (unpaired) electrons. The molecule has 0 unspecified atom stereocenters. The molecule has 1 aromatic rings. The standard InChI is InChI=1S/C12H14BrNO/c1-9-4-5-10(13)8-11(9)12(15)6-7-14(2)3/h4-8H,1-3H3/b7-6+. The molecule has 0 aromatic heterocycles. The molecule has 80 valence electrons. The molecule has 0 fully saturated rings. The molecule has 1 rings (SSSR count). The summed E-state index contributed by atoms with van der Waals surface area (Å²) >= 11 is 3.36. The van der Waals surface area contributed by atoms with Crippen molar-refractivity contribution in [2.75, 3.05) is 14.1 Å². The van der Waals surface area contributed by atoms with Crippen LogP contribution in [0.3, 0.4) is 0 Å². The molecule has 0 aliphatic carbocycles. The number of allylic oxidation sites excluding steroid dienone is 1. The first kappa shape index (κ1) is 12.0. The van der Waals surface area contributed by atoms with E-state index in [4.69, 9.17) is 0 Å². The second-order valence-electron chi connectivity index (χ2n) is 3.60. The minimum Gasteiger partial charge on any atom is -0.383 e. The summed E-state index contributed by atoms with van der Waals surface area (Å²) in [4.78, 5) is 13.6. The van der Waals surface area contributed by atoms with E-state index in [1.807, 2.05) is 44.1 Å². The van der Waals surface area contributed by atoms with Crippen LogP contribution in [0.1, 0.15) is 15.9 Å². The van der Waals surface area contributed by atoms with Crippen LogP contribution in [0.4, 0.5) is 0 Å². The molecule has 0 heterocycles. The van der Waals surface area contributed by atoms with Gasteiger partial charge in [0, 0.05) is 36.4 Å². The number of benzene rings is 1. The first-order valence-corrected chi connectivity index (χ1v) is 5.45. The van der Waals surface area contributed by atoms with Crippen molar-refractivity contribution in [3.63, 3.8) is 0 Å². The fraction of sp³-hybridized carbons (Fsp3) is 0.250. The Balaban J connectivity index is 2.96. The van der Waals surface area contributed by atoms with Crippen LogP contribution in [0.25, 0.3) is 0 Å². The lowest BCUT2D eigenvalue weighted by Crippen LogP contribution is -2.04. The molecule has 0 bridgehead atoms. The summed E-state index contributed by atoms with van der Waals surface area (Å²) in [6, 6.07) is 5.71. The predicted octanol–water partition coefficient (Wildman–Crippen LogP) is 3.02. The predicted molar refractivity (Wildman–Crippen MR) is 66.0 cm³/mol. The van der Waals surface area contributed by atoms with Crippen LogP contribution in [0.2, 0.25) is 0 Å². The molecule has 0 aliphatic rings. The van der Waals surface area contributed by atoms with Gasteiger partial charge in [-0.15, -0.1) is 0 Å². The van der Waals surface area contributed by atoms with Gasteiger partial charge in [-0.05, 0) is 24.6 Å². The lowest BCUT2D eigenvalue weighted by Gasteiger charge is -2.05. The highest BCUT2D eigenvalue weighted by atomic mass is 79.9. The van der Waals surface area contributed by atoms with E-state index in [2.05, 4.69) is 15.9 Å². The third kappa shape index (κ3) is 3.51. The number of nitrogens with zero attached hydrogens (tertiary/aromatic N) is 1. The number of hydrogen-bond acceptors (Lipinski definition) is 2. The quantitative estimate of drug-likeness (QED) is 0.620. The van der Waals surface area contributed by atoms with Crippen molar-refractivity contribution in [2.45, 2.75) is 6.92 Å². The van der Waals surface area contributed by atoms with Crippen molar-refractivity contribution >= 4 is 21.7 Å². The van der Waals surface area contributed by atoms with E-state index < -0.39 is 0 Å². The molecular weight excluding hydrogens is 254 g/mol. The third-order valence-electron chi connectivity index (χ3n) is 1.99. The van der Waals surface area contributed by atoms with Gasteiger partial charge in [-0.1, -0.05) is 22.0 Å². The summed E-state index contributed by atoms with van der Waals surface area (Å²) < 4.78 is 0.926. The number of halogens is 1. The molecule has 0 amide bonds. The van der Waals surface area contributed by atoms with E-state index in [0.29, 0.717) is 0 Å². The Kier molecular flexibility index (Phi) is 4.09.